The Kier molecular flexibility index (Phi) is 5.97. The Morgan fingerprint density at radius 2 is 1.70 bits per heavy atom. The first kappa shape index (κ1) is 19.2. The van der Waals surface area contributed by atoms with Gasteiger partial charge in [0.15, 0.2) is 0 Å². The summed E-state index contributed by atoms with van der Waals surface area (Å²) in [6.45, 7) is 5.02. The van der Waals surface area contributed by atoms with Crippen molar-refractivity contribution in [3.8, 4) is 0 Å². The summed E-state index contributed by atoms with van der Waals surface area (Å²) in [6.07, 6.45) is 2.67. The van der Waals surface area contributed by atoms with Gasteiger partial charge in [0, 0.05) is 24.1 Å². The molecule has 1 aromatic heterocycles. The normalized spacial score (nSPS) is 11.7. The molecule has 3 aromatic rings. The zero-order valence-corrected chi connectivity index (χ0v) is 16.1. The smallest absolute Gasteiger partial charge is 0.268 e. The van der Waals surface area contributed by atoms with Gasteiger partial charge in [0.1, 0.15) is 5.69 Å². The standard InChI is InChI=1S/C23H28N2O2/c1-23(2,19-12-5-3-6-13-19)24-22(27)21-17-18-11-7-8-14-20(18)25(21)15-9-4-10-16-26/h3,5-8,11-14,17,26H,4,9-10,15-16H2,1-2H3,(H,24,27). The lowest BCUT2D eigenvalue weighted by Gasteiger charge is -2.27. The first-order valence-corrected chi connectivity index (χ1v) is 9.60. The topological polar surface area (TPSA) is 54.3 Å². The molecule has 2 aromatic carbocycles. The number of carbonyl (C=O) groups is 1. The van der Waals surface area contributed by atoms with Crippen LogP contribution in [0.5, 0.6) is 0 Å². The van der Waals surface area contributed by atoms with Gasteiger partial charge in [0.05, 0.1) is 5.54 Å². The van der Waals surface area contributed by atoms with Gasteiger partial charge in [-0.15, -0.1) is 0 Å². The van der Waals surface area contributed by atoms with Crippen LogP contribution in [0.15, 0.2) is 60.7 Å². The number of unbranched alkanes of at least 4 members (excludes halogenated alkanes) is 2. The summed E-state index contributed by atoms with van der Waals surface area (Å²) in [5.74, 6) is -0.0674. The first-order chi connectivity index (χ1) is 13.0. The van der Waals surface area contributed by atoms with Crippen LogP contribution in [0.25, 0.3) is 10.9 Å². The van der Waals surface area contributed by atoms with E-state index in [0.29, 0.717) is 5.69 Å². The lowest BCUT2D eigenvalue weighted by Crippen LogP contribution is -2.41. The summed E-state index contributed by atoms with van der Waals surface area (Å²) in [7, 11) is 0. The van der Waals surface area contributed by atoms with Crippen LogP contribution in [0.3, 0.4) is 0 Å². The van der Waals surface area contributed by atoms with E-state index in [9.17, 15) is 4.79 Å². The number of aliphatic hydroxyl groups excluding tert-OH is 1. The molecule has 4 nitrogen and oxygen atoms in total. The molecule has 0 aliphatic heterocycles. The molecule has 0 aliphatic carbocycles. The second-order valence-corrected chi connectivity index (χ2v) is 7.47. The van der Waals surface area contributed by atoms with Crippen molar-refractivity contribution in [1.29, 1.82) is 0 Å². The Morgan fingerprint density at radius 1 is 1.00 bits per heavy atom. The van der Waals surface area contributed by atoms with Crippen LogP contribution in [-0.4, -0.2) is 22.2 Å². The maximum Gasteiger partial charge on any atom is 0.268 e. The number of aryl methyl sites for hydroxylation is 1. The quantitative estimate of drug-likeness (QED) is 0.580. The number of hydrogen-bond acceptors (Lipinski definition) is 2. The van der Waals surface area contributed by atoms with Crippen molar-refractivity contribution in [2.24, 2.45) is 0 Å². The van der Waals surface area contributed by atoms with Crippen LogP contribution < -0.4 is 5.32 Å². The number of hydrogen-bond donors (Lipinski definition) is 2. The van der Waals surface area contributed by atoms with Crippen LogP contribution in [0.4, 0.5) is 0 Å². The molecular weight excluding hydrogens is 336 g/mol. The molecule has 0 saturated carbocycles. The molecule has 27 heavy (non-hydrogen) atoms. The van der Waals surface area contributed by atoms with Crippen LogP contribution in [0, 0.1) is 0 Å². The Labute approximate surface area is 160 Å². The molecular formula is C23H28N2O2. The van der Waals surface area contributed by atoms with E-state index in [2.05, 4.69) is 16.0 Å². The summed E-state index contributed by atoms with van der Waals surface area (Å²) in [4.78, 5) is 13.1. The van der Waals surface area contributed by atoms with E-state index < -0.39 is 5.54 Å². The molecule has 0 unspecified atom stereocenters. The summed E-state index contributed by atoms with van der Waals surface area (Å²) in [5.41, 5.74) is 2.37. The van der Waals surface area contributed by atoms with Gasteiger partial charge in [-0.25, -0.2) is 0 Å². The van der Waals surface area contributed by atoms with Gasteiger partial charge >= 0.3 is 0 Å². The largest absolute Gasteiger partial charge is 0.396 e. The van der Waals surface area contributed by atoms with Crippen molar-refractivity contribution in [1.82, 2.24) is 9.88 Å². The van der Waals surface area contributed by atoms with Gasteiger partial charge in [-0.1, -0.05) is 48.5 Å². The van der Waals surface area contributed by atoms with Crippen LogP contribution in [-0.2, 0) is 12.1 Å². The molecule has 2 N–H and O–H groups in total. The number of rotatable bonds is 8. The number of fused-ring (bicyclic) bond motifs is 1. The minimum atomic E-state index is -0.462. The van der Waals surface area contributed by atoms with Crippen molar-refractivity contribution in [3.05, 3.63) is 71.9 Å². The summed E-state index contributed by atoms with van der Waals surface area (Å²) >= 11 is 0. The van der Waals surface area contributed by atoms with Gasteiger partial charge < -0.3 is 15.0 Å². The molecule has 0 saturated heterocycles. The lowest BCUT2D eigenvalue weighted by molar-refractivity contribution is 0.0902. The number of benzene rings is 2. The minimum Gasteiger partial charge on any atom is -0.396 e. The minimum absolute atomic E-state index is 0.0674. The van der Waals surface area contributed by atoms with Gasteiger partial charge in [-0.05, 0) is 50.8 Å². The third-order valence-corrected chi connectivity index (χ3v) is 5.00. The van der Waals surface area contributed by atoms with E-state index in [0.717, 1.165) is 42.3 Å². The molecule has 4 heteroatoms. The molecule has 0 spiro atoms. The number of amides is 1. The molecule has 0 radical (unpaired) electrons. The van der Waals surface area contributed by atoms with E-state index in [4.69, 9.17) is 5.11 Å². The number of nitrogens with zero attached hydrogens (tertiary/aromatic N) is 1. The average Bonchev–Trinajstić information content (AvgIpc) is 3.04. The highest BCUT2D eigenvalue weighted by Gasteiger charge is 2.25. The van der Waals surface area contributed by atoms with Crippen molar-refractivity contribution in [2.45, 2.75) is 45.2 Å². The maximum absolute atomic E-state index is 13.1. The number of para-hydroxylation sites is 1. The first-order valence-electron chi connectivity index (χ1n) is 9.60. The van der Waals surface area contributed by atoms with Gasteiger partial charge in [0.2, 0.25) is 0 Å². The second kappa shape index (κ2) is 8.40. The number of nitrogens with one attached hydrogen (secondary N) is 1. The van der Waals surface area contributed by atoms with E-state index in [-0.39, 0.29) is 12.5 Å². The highest BCUT2D eigenvalue weighted by molar-refractivity contribution is 5.99. The summed E-state index contributed by atoms with van der Waals surface area (Å²) in [6, 6.07) is 20.1. The summed E-state index contributed by atoms with van der Waals surface area (Å²) < 4.78 is 2.10. The molecule has 0 fully saturated rings. The van der Waals surface area contributed by atoms with Gasteiger partial charge in [-0.3, -0.25) is 4.79 Å². The molecule has 1 amide bonds. The number of carbonyl (C=O) groups excluding carboxylic acids is 1. The Hall–Kier alpha value is -2.59. The van der Waals surface area contributed by atoms with E-state index in [1.54, 1.807) is 0 Å². The van der Waals surface area contributed by atoms with Crippen molar-refractivity contribution < 1.29 is 9.90 Å². The molecule has 0 atom stereocenters. The Balaban J connectivity index is 1.87. The fourth-order valence-electron chi connectivity index (χ4n) is 3.47. The highest BCUT2D eigenvalue weighted by atomic mass is 16.2. The summed E-state index contributed by atoms with van der Waals surface area (Å²) in [5, 5.41) is 13.3. The highest BCUT2D eigenvalue weighted by Crippen LogP contribution is 2.24. The third-order valence-electron chi connectivity index (χ3n) is 5.00. The Bertz CT molecular complexity index is 897. The molecule has 0 bridgehead atoms. The van der Waals surface area contributed by atoms with E-state index >= 15 is 0 Å². The lowest BCUT2D eigenvalue weighted by atomic mass is 9.94. The maximum atomic E-state index is 13.1. The predicted octanol–water partition coefficient (Wildman–Crippen LogP) is 4.47. The molecule has 0 aliphatic rings. The second-order valence-electron chi connectivity index (χ2n) is 7.47. The molecule has 142 valence electrons. The average molecular weight is 364 g/mol. The van der Waals surface area contributed by atoms with E-state index in [1.165, 1.54) is 0 Å². The monoisotopic (exact) mass is 364 g/mol. The number of aromatic nitrogens is 1. The van der Waals surface area contributed by atoms with Crippen molar-refractivity contribution >= 4 is 16.8 Å². The number of aliphatic hydroxyl groups is 1. The predicted molar refractivity (Wildman–Crippen MR) is 110 cm³/mol. The van der Waals surface area contributed by atoms with Crippen LogP contribution in [0.1, 0.15) is 49.2 Å². The van der Waals surface area contributed by atoms with Crippen LogP contribution in [0.2, 0.25) is 0 Å². The SMILES string of the molecule is CC(C)(NC(=O)c1cc2ccccc2n1CCCCCO)c1ccccc1. The molecule has 3 rings (SSSR count). The van der Waals surface area contributed by atoms with Crippen LogP contribution >= 0.6 is 0 Å². The van der Waals surface area contributed by atoms with Crippen molar-refractivity contribution in [2.75, 3.05) is 6.61 Å². The van der Waals surface area contributed by atoms with Crippen molar-refractivity contribution in [3.63, 3.8) is 0 Å². The zero-order chi connectivity index (χ0) is 19.3. The van der Waals surface area contributed by atoms with E-state index in [1.807, 2.05) is 68.4 Å². The van der Waals surface area contributed by atoms with Gasteiger partial charge in [-0.2, -0.15) is 0 Å². The fourth-order valence-corrected chi connectivity index (χ4v) is 3.47. The Morgan fingerprint density at radius 3 is 2.44 bits per heavy atom. The van der Waals surface area contributed by atoms with Gasteiger partial charge in [0.25, 0.3) is 5.91 Å². The third kappa shape index (κ3) is 4.40. The fraction of sp³-hybridized carbons (Fsp3) is 0.348. The molecule has 1 heterocycles. The zero-order valence-electron chi connectivity index (χ0n) is 16.1.